The Bertz CT molecular complexity index is 877. The Balaban J connectivity index is 1.98. The van der Waals surface area contributed by atoms with Crippen LogP contribution in [0.4, 0.5) is 0 Å². The van der Waals surface area contributed by atoms with Crippen molar-refractivity contribution in [2.45, 2.75) is 26.3 Å². The lowest BCUT2D eigenvalue weighted by atomic mass is 9.96. The highest BCUT2D eigenvalue weighted by Gasteiger charge is 2.45. The lowest BCUT2D eigenvalue weighted by Gasteiger charge is -2.26. The Morgan fingerprint density at radius 2 is 1.72 bits per heavy atom. The normalized spacial score (nSPS) is 18.6. The van der Waals surface area contributed by atoms with E-state index in [-0.39, 0.29) is 11.3 Å². The fraction of sp³-hybridized carbons (Fsp3) is 0.348. The molecule has 3 rings (SSSR count). The Morgan fingerprint density at radius 3 is 2.34 bits per heavy atom. The molecule has 152 valence electrons. The van der Waals surface area contributed by atoms with Crippen molar-refractivity contribution in [3.8, 4) is 0 Å². The second-order valence-electron chi connectivity index (χ2n) is 7.02. The van der Waals surface area contributed by atoms with Crippen LogP contribution in [0.2, 0.25) is 0 Å². The monoisotopic (exact) mass is 393 g/mol. The zero-order chi connectivity index (χ0) is 20.8. The van der Waals surface area contributed by atoms with Gasteiger partial charge in [-0.05, 0) is 43.8 Å². The van der Waals surface area contributed by atoms with Crippen LogP contribution in [0.1, 0.15) is 37.4 Å². The number of pyridine rings is 1. The van der Waals surface area contributed by atoms with Crippen LogP contribution in [0.5, 0.6) is 0 Å². The number of hydrogen-bond acceptors (Lipinski definition) is 5. The van der Waals surface area contributed by atoms with E-state index in [4.69, 9.17) is 0 Å². The zero-order valence-corrected chi connectivity index (χ0v) is 16.9. The number of benzene rings is 1. The first-order chi connectivity index (χ1) is 14.1. The summed E-state index contributed by atoms with van der Waals surface area (Å²) >= 11 is 0. The van der Waals surface area contributed by atoms with Gasteiger partial charge in [-0.15, -0.1) is 0 Å². The van der Waals surface area contributed by atoms with E-state index in [2.05, 4.69) is 23.7 Å². The van der Waals surface area contributed by atoms with Crippen LogP contribution in [0.25, 0.3) is 5.76 Å². The standard InChI is InChI=1S/C23H27N3O3/c1-3-25(4-2)15-8-16-26-20(17-11-13-24-14-12-17)19(22(28)23(26)29)21(27)18-9-6-5-7-10-18/h5-7,9-14,20,27H,3-4,8,15-16H2,1-2H3/t20-/m1/s1. The summed E-state index contributed by atoms with van der Waals surface area (Å²) in [6.45, 7) is 7.38. The van der Waals surface area contributed by atoms with E-state index in [0.29, 0.717) is 12.1 Å². The van der Waals surface area contributed by atoms with Gasteiger partial charge in [0.05, 0.1) is 11.6 Å². The number of likely N-dealkylation sites (tertiary alicyclic amines) is 1. The third kappa shape index (κ3) is 4.38. The summed E-state index contributed by atoms with van der Waals surface area (Å²) in [6.07, 6.45) is 4.02. The van der Waals surface area contributed by atoms with E-state index in [1.165, 1.54) is 0 Å². The molecule has 6 heteroatoms. The van der Waals surface area contributed by atoms with Gasteiger partial charge in [0.1, 0.15) is 5.76 Å². The van der Waals surface area contributed by atoms with Crippen LogP contribution in [0.15, 0.2) is 60.4 Å². The number of aliphatic hydroxyl groups excluding tert-OH is 1. The average molecular weight is 393 g/mol. The van der Waals surface area contributed by atoms with Crippen molar-refractivity contribution in [2.75, 3.05) is 26.2 Å². The number of aliphatic hydroxyl groups is 1. The van der Waals surface area contributed by atoms with Gasteiger partial charge in [-0.3, -0.25) is 14.6 Å². The van der Waals surface area contributed by atoms with Gasteiger partial charge in [0.25, 0.3) is 11.7 Å². The first kappa shape index (κ1) is 20.7. The maximum atomic E-state index is 12.9. The highest BCUT2D eigenvalue weighted by molar-refractivity contribution is 6.46. The minimum atomic E-state index is -0.643. The Labute approximate surface area is 171 Å². The Hall–Kier alpha value is -2.99. The molecule has 1 aromatic carbocycles. The molecule has 1 amide bonds. The molecular formula is C23H27N3O3. The highest BCUT2D eigenvalue weighted by Crippen LogP contribution is 2.39. The maximum absolute atomic E-state index is 12.9. The van der Waals surface area contributed by atoms with Crippen LogP contribution >= 0.6 is 0 Å². The summed E-state index contributed by atoms with van der Waals surface area (Å²) in [5, 5.41) is 10.9. The minimum Gasteiger partial charge on any atom is -0.507 e. The molecule has 1 fully saturated rings. The van der Waals surface area contributed by atoms with E-state index in [1.54, 1.807) is 53.7 Å². The number of rotatable bonds is 8. The number of Topliss-reactive ketones (excluding diaryl/α,β-unsaturated/α-hetero) is 1. The van der Waals surface area contributed by atoms with E-state index >= 15 is 0 Å². The quantitative estimate of drug-likeness (QED) is 0.423. The molecule has 0 spiro atoms. The molecule has 1 atom stereocenters. The summed E-state index contributed by atoms with van der Waals surface area (Å²) in [4.78, 5) is 33.6. The summed E-state index contributed by atoms with van der Waals surface area (Å²) < 4.78 is 0. The summed E-state index contributed by atoms with van der Waals surface area (Å²) in [7, 11) is 0. The number of carbonyl (C=O) groups excluding carboxylic acids is 2. The molecule has 0 aliphatic carbocycles. The summed E-state index contributed by atoms with van der Waals surface area (Å²) in [5.74, 6) is -1.35. The molecule has 1 saturated heterocycles. The number of aromatic nitrogens is 1. The van der Waals surface area contributed by atoms with Gasteiger partial charge in [-0.2, -0.15) is 0 Å². The van der Waals surface area contributed by atoms with Crippen LogP contribution in [0.3, 0.4) is 0 Å². The van der Waals surface area contributed by atoms with Crippen molar-refractivity contribution >= 4 is 17.4 Å². The van der Waals surface area contributed by atoms with Crippen molar-refractivity contribution in [3.63, 3.8) is 0 Å². The third-order valence-corrected chi connectivity index (χ3v) is 5.38. The lowest BCUT2D eigenvalue weighted by molar-refractivity contribution is -0.140. The second-order valence-corrected chi connectivity index (χ2v) is 7.02. The van der Waals surface area contributed by atoms with Gasteiger partial charge in [-0.1, -0.05) is 44.2 Å². The van der Waals surface area contributed by atoms with Crippen LogP contribution in [-0.4, -0.2) is 57.8 Å². The van der Waals surface area contributed by atoms with Gasteiger partial charge in [0, 0.05) is 24.5 Å². The highest BCUT2D eigenvalue weighted by atomic mass is 16.3. The molecule has 1 aliphatic heterocycles. The smallest absolute Gasteiger partial charge is 0.295 e. The molecule has 1 aliphatic rings. The SMILES string of the molecule is CCN(CC)CCCN1C(=O)C(=O)C(=C(O)c2ccccc2)[C@H]1c1ccncc1. The fourth-order valence-electron chi connectivity index (χ4n) is 3.76. The molecule has 1 N–H and O–H groups in total. The maximum Gasteiger partial charge on any atom is 0.295 e. The zero-order valence-electron chi connectivity index (χ0n) is 16.9. The summed E-state index contributed by atoms with van der Waals surface area (Å²) in [6, 6.07) is 11.8. The largest absolute Gasteiger partial charge is 0.507 e. The molecule has 0 unspecified atom stereocenters. The average Bonchev–Trinajstić information content (AvgIpc) is 3.02. The number of nitrogens with zero attached hydrogens (tertiary/aromatic N) is 3. The van der Waals surface area contributed by atoms with Gasteiger partial charge in [0.15, 0.2) is 0 Å². The van der Waals surface area contributed by atoms with Crippen LogP contribution in [0, 0.1) is 0 Å². The lowest BCUT2D eigenvalue weighted by Crippen LogP contribution is -2.33. The summed E-state index contributed by atoms with van der Waals surface area (Å²) in [5.41, 5.74) is 1.42. The van der Waals surface area contributed by atoms with Crippen molar-refractivity contribution in [2.24, 2.45) is 0 Å². The predicted octanol–water partition coefficient (Wildman–Crippen LogP) is 3.24. The van der Waals surface area contributed by atoms with Crippen molar-refractivity contribution in [1.29, 1.82) is 0 Å². The third-order valence-electron chi connectivity index (χ3n) is 5.38. The topological polar surface area (TPSA) is 73.7 Å². The van der Waals surface area contributed by atoms with Crippen LogP contribution < -0.4 is 0 Å². The van der Waals surface area contributed by atoms with E-state index in [1.807, 2.05) is 6.07 Å². The molecule has 6 nitrogen and oxygen atoms in total. The fourth-order valence-corrected chi connectivity index (χ4v) is 3.76. The Kier molecular flexibility index (Phi) is 6.77. The van der Waals surface area contributed by atoms with Crippen molar-refractivity contribution in [3.05, 3.63) is 71.6 Å². The second kappa shape index (κ2) is 9.47. The van der Waals surface area contributed by atoms with Gasteiger partial charge < -0.3 is 14.9 Å². The number of carbonyl (C=O) groups is 2. The minimum absolute atomic E-state index is 0.134. The Morgan fingerprint density at radius 1 is 1.07 bits per heavy atom. The van der Waals surface area contributed by atoms with E-state index in [9.17, 15) is 14.7 Å². The van der Waals surface area contributed by atoms with Gasteiger partial charge in [0.2, 0.25) is 0 Å². The molecule has 1 aromatic heterocycles. The first-order valence-electron chi connectivity index (χ1n) is 10.0. The van der Waals surface area contributed by atoms with Gasteiger partial charge >= 0.3 is 0 Å². The number of amides is 1. The molecule has 0 radical (unpaired) electrons. The van der Waals surface area contributed by atoms with Crippen LogP contribution in [-0.2, 0) is 9.59 Å². The molecule has 0 bridgehead atoms. The van der Waals surface area contributed by atoms with Crippen molar-refractivity contribution < 1.29 is 14.7 Å². The van der Waals surface area contributed by atoms with Gasteiger partial charge in [-0.25, -0.2) is 0 Å². The number of hydrogen-bond donors (Lipinski definition) is 1. The predicted molar refractivity (Wildman–Crippen MR) is 112 cm³/mol. The van der Waals surface area contributed by atoms with E-state index < -0.39 is 17.7 Å². The number of ketones is 1. The van der Waals surface area contributed by atoms with Crippen molar-refractivity contribution in [1.82, 2.24) is 14.8 Å². The van der Waals surface area contributed by atoms with E-state index in [0.717, 1.165) is 31.6 Å². The molecule has 2 aromatic rings. The molecule has 29 heavy (non-hydrogen) atoms. The molecule has 0 saturated carbocycles. The molecular weight excluding hydrogens is 366 g/mol. The first-order valence-corrected chi connectivity index (χ1v) is 10.0. The molecule has 2 heterocycles.